The number of anilines is 1. The SMILES string of the molecule is Cc1ccn(CCCNC(=S)Nc2cccc(Cl)c2Cl)n1. The lowest BCUT2D eigenvalue weighted by Crippen LogP contribution is -2.29. The molecule has 1 aromatic heterocycles. The highest BCUT2D eigenvalue weighted by molar-refractivity contribution is 7.80. The molecule has 0 aliphatic rings. The summed E-state index contributed by atoms with van der Waals surface area (Å²) in [6, 6.07) is 7.37. The number of hydrogen-bond donors (Lipinski definition) is 2. The Morgan fingerprint density at radius 3 is 2.86 bits per heavy atom. The second-order valence-corrected chi connectivity index (χ2v) is 5.75. The van der Waals surface area contributed by atoms with Crippen LogP contribution in [0.1, 0.15) is 12.1 Å². The first-order chi connectivity index (χ1) is 10.1. The van der Waals surface area contributed by atoms with Crippen molar-refractivity contribution in [2.45, 2.75) is 19.9 Å². The standard InChI is InChI=1S/C14H16Cl2N4S/c1-10-6-9-20(19-10)8-3-7-17-14(21)18-12-5-2-4-11(15)13(12)16/h2,4-6,9H,3,7-8H2,1H3,(H2,17,18,21). The van der Waals surface area contributed by atoms with Gasteiger partial charge in [-0.1, -0.05) is 29.3 Å². The van der Waals surface area contributed by atoms with Gasteiger partial charge in [0, 0.05) is 19.3 Å². The summed E-state index contributed by atoms with van der Waals surface area (Å²) in [6.45, 7) is 3.58. The molecular weight excluding hydrogens is 327 g/mol. The Balaban J connectivity index is 1.73. The van der Waals surface area contributed by atoms with Gasteiger partial charge in [0.15, 0.2) is 5.11 Å². The normalized spacial score (nSPS) is 10.4. The number of nitrogens with zero attached hydrogens (tertiary/aromatic N) is 2. The molecule has 0 amide bonds. The molecule has 0 saturated carbocycles. The van der Waals surface area contributed by atoms with E-state index < -0.39 is 0 Å². The van der Waals surface area contributed by atoms with Gasteiger partial charge >= 0.3 is 0 Å². The van der Waals surface area contributed by atoms with Crippen LogP contribution in [0.4, 0.5) is 5.69 Å². The minimum atomic E-state index is 0.468. The Bertz CT molecular complexity index is 627. The Hall–Kier alpha value is -1.30. The minimum Gasteiger partial charge on any atom is -0.362 e. The molecule has 0 fully saturated rings. The lowest BCUT2D eigenvalue weighted by molar-refractivity contribution is 0.570. The first-order valence-electron chi connectivity index (χ1n) is 6.55. The van der Waals surface area contributed by atoms with Gasteiger partial charge in [0.05, 0.1) is 21.4 Å². The highest BCUT2D eigenvalue weighted by atomic mass is 35.5. The smallest absolute Gasteiger partial charge is 0.170 e. The number of thiocarbonyl (C=S) groups is 1. The topological polar surface area (TPSA) is 41.9 Å². The highest BCUT2D eigenvalue weighted by Gasteiger charge is 2.05. The zero-order chi connectivity index (χ0) is 15.2. The fourth-order valence-electron chi connectivity index (χ4n) is 1.80. The lowest BCUT2D eigenvalue weighted by atomic mass is 10.3. The average Bonchev–Trinajstić information content (AvgIpc) is 2.86. The lowest BCUT2D eigenvalue weighted by Gasteiger charge is -2.12. The van der Waals surface area contributed by atoms with Crippen LogP contribution in [0.3, 0.4) is 0 Å². The van der Waals surface area contributed by atoms with Gasteiger partial charge in [-0.15, -0.1) is 0 Å². The fourth-order valence-corrected chi connectivity index (χ4v) is 2.36. The van der Waals surface area contributed by atoms with E-state index in [4.69, 9.17) is 35.4 Å². The van der Waals surface area contributed by atoms with E-state index in [2.05, 4.69) is 15.7 Å². The van der Waals surface area contributed by atoms with Crippen molar-refractivity contribution in [3.8, 4) is 0 Å². The van der Waals surface area contributed by atoms with E-state index in [0.717, 1.165) is 25.2 Å². The van der Waals surface area contributed by atoms with Crippen molar-refractivity contribution in [2.24, 2.45) is 0 Å². The van der Waals surface area contributed by atoms with E-state index in [1.807, 2.05) is 36.0 Å². The zero-order valence-corrected chi connectivity index (χ0v) is 13.9. The maximum atomic E-state index is 6.09. The van der Waals surface area contributed by atoms with E-state index in [1.54, 1.807) is 6.07 Å². The van der Waals surface area contributed by atoms with Gasteiger partial charge in [0.1, 0.15) is 0 Å². The molecule has 0 aliphatic carbocycles. The van der Waals surface area contributed by atoms with Crippen LogP contribution in [0.2, 0.25) is 10.0 Å². The zero-order valence-electron chi connectivity index (χ0n) is 11.6. The second-order valence-electron chi connectivity index (χ2n) is 4.56. The van der Waals surface area contributed by atoms with Gasteiger partial charge in [-0.2, -0.15) is 5.10 Å². The summed E-state index contributed by atoms with van der Waals surface area (Å²) < 4.78 is 1.92. The summed E-state index contributed by atoms with van der Waals surface area (Å²) in [4.78, 5) is 0. The molecule has 0 unspecified atom stereocenters. The van der Waals surface area contributed by atoms with Gasteiger partial charge < -0.3 is 10.6 Å². The van der Waals surface area contributed by atoms with Crippen molar-refractivity contribution in [3.05, 3.63) is 46.2 Å². The highest BCUT2D eigenvalue weighted by Crippen LogP contribution is 2.29. The first kappa shape index (κ1) is 16.1. The van der Waals surface area contributed by atoms with E-state index in [-0.39, 0.29) is 0 Å². The third-order valence-corrected chi connectivity index (χ3v) is 3.89. The van der Waals surface area contributed by atoms with Crippen molar-refractivity contribution < 1.29 is 0 Å². The molecule has 21 heavy (non-hydrogen) atoms. The molecule has 2 N–H and O–H groups in total. The molecular formula is C14H16Cl2N4S. The van der Waals surface area contributed by atoms with Crippen molar-refractivity contribution in [3.63, 3.8) is 0 Å². The molecule has 0 atom stereocenters. The van der Waals surface area contributed by atoms with E-state index in [9.17, 15) is 0 Å². The molecule has 7 heteroatoms. The van der Waals surface area contributed by atoms with Crippen molar-refractivity contribution >= 4 is 46.2 Å². The molecule has 2 aromatic rings. The Morgan fingerprint density at radius 1 is 1.33 bits per heavy atom. The molecule has 4 nitrogen and oxygen atoms in total. The van der Waals surface area contributed by atoms with Crippen LogP contribution in [-0.4, -0.2) is 21.4 Å². The summed E-state index contributed by atoms with van der Waals surface area (Å²) in [5, 5.41) is 12.0. The summed E-state index contributed by atoms with van der Waals surface area (Å²) >= 11 is 17.3. The van der Waals surface area contributed by atoms with Crippen LogP contribution in [0.15, 0.2) is 30.5 Å². The Labute approximate surface area is 139 Å². The second kappa shape index (κ2) is 7.64. The Kier molecular flexibility index (Phi) is 5.85. The molecule has 0 bridgehead atoms. The largest absolute Gasteiger partial charge is 0.362 e. The summed E-state index contributed by atoms with van der Waals surface area (Å²) in [5.41, 5.74) is 1.72. The number of halogens is 2. The molecule has 112 valence electrons. The van der Waals surface area contributed by atoms with Crippen molar-refractivity contribution in [1.29, 1.82) is 0 Å². The number of hydrogen-bond acceptors (Lipinski definition) is 2. The van der Waals surface area contributed by atoms with Crippen molar-refractivity contribution in [1.82, 2.24) is 15.1 Å². The number of aromatic nitrogens is 2. The number of aryl methyl sites for hydroxylation is 2. The maximum absolute atomic E-state index is 6.09. The monoisotopic (exact) mass is 342 g/mol. The van der Waals surface area contributed by atoms with E-state index in [1.165, 1.54) is 0 Å². The predicted molar refractivity (Wildman–Crippen MR) is 92.3 cm³/mol. The summed E-state index contributed by atoms with van der Waals surface area (Å²) in [7, 11) is 0. The number of rotatable bonds is 5. The number of benzene rings is 1. The van der Waals surface area contributed by atoms with Crippen molar-refractivity contribution in [2.75, 3.05) is 11.9 Å². The molecule has 0 saturated heterocycles. The third-order valence-electron chi connectivity index (χ3n) is 2.82. The van der Waals surface area contributed by atoms with Gasteiger partial charge in [-0.05, 0) is 43.8 Å². The van der Waals surface area contributed by atoms with Crippen LogP contribution >= 0.6 is 35.4 Å². The third kappa shape index (κ3) is 4.88. The molecule has 1 heterocycles. The molecule has 0 radical (unpaired) electrons. The van der Waals surface area contributed by atoms with Crippen LogP contribution < -0.4 is 10.6 Å². The summed E-state index contributed by atoms with van der Waals surface area (Å²) in [6.07, 6.45) is 2.89. The predicted octanol–water partition coefficient (Wildman–Crippen LogP) is 3.88. The van der Waals surface area contributed by atoms with Crippen LogP contribution in [0.5, 0.6) is 0 Å². The van der Waals surface area contributed by atoms with Gasteiger partial charge in [0.25, 0.3) is 0 Å². The molecule has 2 rings (SSSR count). The van der Waals surface area contributed by atoms with E-state index in [0.29, 0.717) is 20.8 Å². The minimum absolute atomic E-state index is 0.468. The van der Waals surface area contributed by atoms with Crippen LogP contribution in [-0.2, 0) is 6.54 Å². The fraction of sp³-hybridized carbons (Fsp3) is 0.286. The van der Waals surface area contributed by atoms with Gasteiger partial charge in [-0.3, -0.25) is 4.68 Å². The first-order valence-corrected chi connectivity index (χ1v) is 7.71. The van der Waals surface area contributed by atoms with Gasteiger partial charge in [-0.25, -0.2) is 0 Å². The molecule has 0 spiro atoms. The van der Waals surface area contributed by atoms with Crippen LogP contribution in [0.25, 0.3) is 0 Å². The molecule has 1 aromatic carbocycles. The van der Waals surface area contributed by atoms with Crippen LogP contribution in [0, 0.1) is 6.92 Å². The molecule has 0 aliphatic heterocycles. The summed E-state index contributed by atoms with van der Waals surface area (Å²) in [5.74, 6) is 0. The van der Waals surface area contributed by atoms with E-state index >= 15 is 0 Å². The maximum Gasteiger partial charge on any atom is 0.170 e. The number of nitrogens with one attached hydrogen (secondary N) is 2. The average molecular weight is 343 g/mol. The Morgan fingerprint density at radius 2 is 2.14 bits per heavy atom. The van der Waals surface area contributed by atoms with Gasteiger partial charge in [0.2, 0.25) is 0 Å². The quantitative estimate of drug-likeness (QED) is 0.639.